The van der Waals surface area contributed by atoms with E-state index >= 15 is 0 Å². The molecular formula is C13H14BrNO2. The van der Waals surface area contributed by atoms with Gasteiger partial charge in [0.25, 0.3) is 0 Å². The van der Waals surface area contributed by atoms with E-state index in [0.29, 0.717) is 12.2 Å². The first kappa shape index (κ1) is 12.2. The van der Waals surface area contributed by atoms with Gasteiger partial charge in [-0.25, -0.2) is 0 Å². The molecule has 0 bridgehead atoms. The number of halogens is 1. The van der Waals surface area contributed by atoms with E-state index in [1.807, 2.05) is 32.0 Å². The molecule has 90 valence electrons. The van der Waals surface area contributed by atoms with Gasteiger partial charge in [0.1, 0.15) is 5.75 Å². The monoisotopic (exact) mass is 295 g/mol. The van der Waals surface area contributed by atoms with Crippen LogP contribution in [0.15, 0.2) is 24.4 Å². The number of carbonyl (C=O) groups excluding carboxylic acids is 1. The summed E-state index contributed by atoms with van der Waals surface area (Å²) < 4.78 is 5.56. The number of Topliss-reactive ketones (excluding diaryl/α,β-unsaturated/α-hetero) is 1. The van der Waals surface area contributed by atoms with Crippen LogP contribution in [-0.4, -0.2) is 22.2 Å². The van der Waals surface area contributed by atoms with Gasteiger partial charge in [-0.3, -0.25) is 4.79 Å². The van der Waals surface area contributed by atoms with E-state index in [1.165, 1.54) is 0 Å². The minimum Gasteiger partial charge on any atom is -0.493 e. The summed E-state index contributed by atoms with van der Waals surface area (Å²) in [5, 5.41) is 0.866. The Morgan fingerprint density at radius 3 is 2.94 bits per heavy atom. The van der Waals surface area contributed by atoms with Gasteiger partial charge in [0, 0.05) is 17.3 Å². The molecule has 0 saturated carbocycles. The number of hydrogen-bond donors (Lipinski definition) is 1. The molecule has 2 aromatic rings. The largest absolute Gasteiger partial charge is 0.493 e. The Morgan fingerprint density at radius 2 is 2.29 bits per heavy atom. The van der Waals surface area contributed by atoms with Gasteiger partial charge in [-0.1, -0.05) is 22.0 Å². The van der Waals surface area contributed by atoms with Crippen LogP contribution in [0.4, 0.5) is 0 Å². The number of carbonyl (C=O) groups is 1. The Morgan fingerprint density at radius 1 is 1.53 bits per heavy atom. The fourth-order valence-electron chi connectivity index (χ4n) is 1.84. The summed E-state index contributed by atoms with van der Waals surface area (Å²) >= 11 is 3.31. The molecule has 0 aliphatic heterocycles. The van der Waals surface area contributed by atoms with Crippen LogP contribution in [0.3, 0.4) is 0 Å². The van der Waals surface area contributed by atoms with E-state index in [2.05, 4.69) is 20.9 Å². The van der Waals surface area contributed by atoms with Crippen molar-refractivity contribution in [3.63, 3.8) is 0 Å². The Balaban J connectivity index is 2.61. The Kier molecular flexibility index (Phi) is 3.52. The molecule has 1 N–H and O–H groups in total. The van der Waals surface area contributed by atoms with E-state index in [-0.39, 0.29) is 10.6 Å². The molecule has 2 rings (SSSR count). The van der Waals surface area contributed by atoms with Crippen molar-refractivity contribution < 1.29 is 9.53 Å². The van der Waals surface area contributed by atoms with Gasteiger partial charge in [-0.15, -0.1) is 0 Å². The number of H-pyrrole nitrogens is 1. The lowest BCUT2D eigenvalue weighted by Gasteiger charge is -2.07. The summed E-state index contributed by atoms with van der Waals surface area (Å²) in [6, 6.07) is 5.73. The summed E-state index contributed by atoms with van der Waals surface area (Å²) in [5.41, 5.74) is 1.60. The minimum absolute atomic E-state index is 0.0587. The topological polar surface area (TPSA) is 42.1 Å². The van der Waals surface area contributed by atoms with Gasteiger partial charge < -0.3 is 9.72 Å². The highest BCUT2D eigenvalue weighted by molar-refractivity contribution is 9.10. The molecule has 1 unspecified atom stereocenters. The van der Waals surface area contributed by atoms with Crippen LogP contribution in [-0.2, 0) is 0 Å². The molecule has 4 heteroatoms. The average Bonchev–Trinajstić information content (AvgIpc) is 2.73. The fraction of sp³-hybridized carbons (Fsp3) is 0.308. The number of alkyl halides is 1. The zero-order chi connectivity index (χ0) is 12.4. The number of nitrogens with one attached hydrogen (secondary N) is 1. The smallest absolute Gasteiger partial charge is 0.178 e. The number of benzene rings is 1. The second kappa shape index (κ2) is 4.92. The average molecular weight is 296 g/mol. The number of aromatic nitrogens is 1. The van der Waals surface area contributed by atoms with Gasteiger partial charge in [-0.05, 0) is 26.0 Å². The van der Waals surface area contributed by atoms with Crippen molar-refractivity contribution in [2.45, 2.75) is 18.7 Å². The molecule has 0 radical (unpaired) electrons. The third-order valence-electron chi connectivity index (χ3n) is 2.59. The van der Waals surface area contributed by atoms with Crippen molar-refractivity contribution in [2.24, 2.45) is 0 Å². The maximum atomic E-state index is 12.1. The van der Waals surface area contributed by atoms with Crippen LogP contribution in [0.5, 0.6) is 5.75 Å². The first-order valence-corrected chi connectivity index (χ1v) is 6.48. The first-order valence-electron chi connectivity index (χ1n) is 5.56. The lowest BCUT2D eigenvalue weighted by molar-refractivity contribution is 0.0997. The van der Waals surface area contributed by atoms with E-state index in [0.717, 1.165) is 16.7 Å². The zero-order valence-corrected chi connectivity index (χ0v) is 11.4. The molecule has 0 spiro atoms. The second-order valence-corrected chi connectivity index (χ2v) is 5.17. The first-order chi connectivity index (χ1) is 8.15. The normalized spacial score (nSPS) is 12.6. The standard InChI is InChI=1S/C13H14BrNO2/c1-3-17-11-6-4-5-10-12(11)9(7-15-10)13(16)8(2)14/h4-8,15H,3H2,1-2H3. The molecule has 0 saturated heterocycles. The number of ether oxygens (including phenoxy) is 1. The number of fused-ring (bicyclic) bond motifs is 1. The van der Waals surface area contributed by atoms with Crippen molar-refractivity contribution in [1.82, 2.24) is 4.98 Å². The van der Waals surface area contributed by atoms with Crippen molar-refractivity contribution in [1.29, 1.82) is 0 Å². The van der Waals surface area contributed by atoms with Crippen LogP contribution in [0.2, 0.25) is 0 Å². The lowest BCUT2D eigenvalue weighted by Crippen LogP contribution is -2.09. The molecule has 0 amide bonds. The molecule has 1 heterocycles. The van der Waals surface area contributed by atoms with Gasteiger partial charge in [0.2, 0.25) is 0 Å². The van der Waals surface area contributed by atoms with Crippen LogP contribution < -0.4 is 4.74 Å². The summed E-state index contributed by atoms with van der Waals surface area (Å²) in [6.07, 6.45) is 1.74. The highest BCUT2D eigenvalue weighted by Gasteiger charge is 2.18. The SMILES string of the molecule is CCOc1cccc2[nH]cc(C(=O)C(C)Br)c12. The number of ketones is 1. The minimum atomic E-state index is -0.198. The van der Waals surface area contributed by atoms with E-state index < -0.39 is 0 Å². The molecule has 3 nitrogen and oxygen atoms in total. The van der Waals surface area contributed by atoms with Gasteiger partial charge in [0.05, 0.1) is 16.8 Å². The van der Waals surface area contributed by atoms with E-state index in [4.69, 9.17) is 4.74 Å². The van der Waals surface area contributed by atoms with Crippen LogP contribution in [0.1, 0.15) is 24.2 Å². The third kappa shape index (κ3) is 2.22. The maximum Gasteiger partial charge on any atom is 0.178 e. The predicted octanol–water partition coefficient (Wildman–Crippen LogP) is 3.53. The van der Waals surface area contributed by atoms with E-state index in [9.17, 15) is 4.79 Å². The van der Waals surface area contributed by atoms with Crippen molar-refractivity contribution in [3.05, 3.63) is 30.0 Å². The highest BCUT2D eigenvalue weighted by Crippen LogP contribution is 2.30. The van der Waals surface area contributed by atoms with Crippen LogP contribution in [0.25, 0.3) is 10.9 Å². The Labute approximate surface area is 108 Å². The molecule has 1 aromatic carbocycles. The molecular weight excluding hydrogens is 282 g/mol. The highest BCUT2D eigenvalue weighted by atomic mass is 79.9. The zero-order valence-electron chi connectivity index (χ0n) is 9.79. The molecule has 1 atom stereocenters. The maximum absolute atomic E-state index is 12.1. The van der Waals surface area contributed by atoms with Crippen LogP contribution in [0, 0.1) is 0 Å². The van der Waals surface area contributed by atoms with E-state index in [1.54, 1.807) is 6.20 Å². The summed E-state index contributed by atoms with van der Waals surface area (Å²) in [7, 11) is 0. The Hall–Kier alpha value is -1.29. The quantitative estimate of drug-likeness (QED) is 0.692. The molecule has 0 aliphatic carbocycles. The predicted molar refractivity (Wildman–Crippen MR) is 72.2 cm³/mol. The number of rotatable bonds is 4. The molecule has 1 aromatic heterocycles. The number of hydrogen-bond acceptors (Lipinski definition) is 2. The summed E-state index contributed by atoms with van der Waals surface area (Å²) in [4.78, 5) is 15.0. The number of aromatic amines is 1. The second-order valence-electron chi connectivity index (χ2n) is 3.79. The molecule has 0 fully saturated rings. The van der Waals surface area contributed by atoms with Gasteiger partial charge in [-0.2, -0.15) is 0 Å². The third-order valence-corrected chi connectivity index (χ3v) is 3.01. The van der Waals surface area contributed by atoms with Gasteiger partial charge >= 0.3 is 0 Å². The lowest BCUT2D eigenvalue weighted by atomic mass is 10.1. The van der Waals surface area contributed by atoms with Crippen molar-refractivity contribution >= 4 is 32.6 Å². The molecule has 0 aliphatic rings. The van der Waals surface area contributed by atoms with Crippen molar-refractivity contribution in [2.75, 3.05) is 6.61 Å². The van der Waals surface area contributed by atoms with Gasteiger partial charge in [0.15, 0.2) is 5.78 Å². The summed E-state index contributed by atoms with van der Waals surface area (Å²) in [6.45, 7) is 4.34. The van der Waals surface area contributed by atoms with Crippen LogP contribution >= 0.6 is 15.9 Å². The van der Waals surface area contributed by atoms with Crippen molar-refractivity contribution in [3.8, 4) is 5.75 Å². The summed E-state index contributed by atoms with van der Waals surface area (Å²) in [5.74, 6) is 0.811. The molecule has 17 heavy (non-hydrogen) atoms. The Bertz CT molecular complexity index is 545. The fourth-order valence-corrected chi connectivity index (χ4v) is 2.08.